The van der Waals surface area contributed by atoms with Crippen molar-refractivity contribution in [1.29, 1.82) is 0 Å². The van der Waals surface area contributed by atoms with Gasteiger partial charge in [-0.05, 0) is 44.7 Å². The summed E-state index contributed by atoms with van der Waals surface area (Å²) in [4.78, 5) is 29.7. The van der Waals surface area contributed by atoms with E-state index in [9.17, 15) is 9.59 Å². The van der Waals surface area contributed by atoms with Crippen LogP contribution in [0.1, 0.15) is 38.7 Å². The number of carbonyl (C=O) groups is 2. The third kappa shape index (κ3) is 2.47. The summed E-state index contributed by atoms with van der Waals surface area (Å²) in [6.45, 7) is 6.06. The van der Waals surface area contributed by atoms with Crippen LogP contribution in [0.2, 0.25) is 0 Å². The average molecular weight is 342 g/mol. The minimum absolute atomic E-state index is 0.150. The van der Waals surface area contributed by atoms with E-state index in [-0.39, 0.29) is 17.9 Å². The number of nitrogens with one attached hydrogen (secondary N) is 2. The van der Waals surface area contributed by atoms with Gasteiger partial charge in [-0.15, -0.1) is 0 Å². The van der Waals surface area contributed by atoms with E-state index < -0.39 is 5.41 Å². The van der Waals surface area contributed by atoms with Crippen molar-refractivity contribution in [3.63, 3.8) is 0 Å². The second-order valence-electron chi connectivity index (χ2n) is 7.45. The van der Waals surface area contributed by atoms with Gasteiger partial charge in [-0.3, -0.25) is 15.0 Å². The van der Waals surface area contributed by atoms with Crippen molar-refractivity contribution in [2.45, 2.75) is 50.6 Å². The van der Waals surface area contributed by atoms with Crippen molar-refractivity contribution in [3.8, 4) is 0 Å². The lowest BCUT2D eigenvalue weighted by Gasteiger charge is -2.39. The molecule has 1 aromatic carbocycles. The molecule has 0 radical (unpaired) electrons. The Kier molecular flexibility index (Phi) is 4.04. The minimum Gasteiger partial charge on any atom is -0.341 e. The maximum absolute atomic E-state index is 13.1. The minimum atomic E-state index is -0.446. The smallest absolute Gasteiger partial charge is 0.241 e. The maximum atomic E-state index is 13.1. The fraction of sp³-hybridized carbons (Fsp3) is 0.579. The first-order chi connectivity index (χ1) is 12.1. The summed E-state index contributed by atoms with van der Waals surface area (Å²) in [7, 11) is 0. The van der Waals surface area contributed by atoms with Crippen molar-refractivity contribution >= 4 is 17.5 Å². The summed E-state index contributed by atoms with van der Waals surface area (Å²) < 4.78 is 0. The molecule has 0 bridgehead atoms. The van der Waals surface area contributed by atoms with E-state index in [2.05, 4.69) is 23.8 Å². The molecule has 3 aliphatic heterocycles. The van der Waals surface area contributed by atoms with Gasteiger partial charge in [0.15, 0.2) is 0 Å². The molecular weight excluding hydrogens is 316 g/mol. The summed E-state index contributed by atoms with van der Waals surface area (Å²) in [5, 5.41) is 0. The van der Waals surface area contributed by atoms with E-state index in [0.717, 1.165) is 17.7 Å². The Morgan fingerprint density at radius 2 is 1.96 bits per heavy atom. The van der Waals surface area contributed by atoms with E-state index in [0.29, 0.717) is 38.5 Å². The number of carbonyl (C=O) groups excluding carboxylic acids is 2. The molecule has 0 aromatic heterocycles. The molecule has 2 fully saturated rings. The Hall–Kier alpha value is -1.92. The predicted octanol–water partition coefficient (Wildman–Crippen LogP) is 1.17. The van der Waals surface area contributed by atoms with E-state index in [1.54, 1.807) is 0 Å². The van der Waals surface area contributed by atoms with Gasteiger partial charge < -0.3 is 9.80 Å². The summed E-state index contributed by atoms with van der Waals surface area (Å²) in [5.74, 6) is 0.357. The van der Waals surface area contributed by atoms with Crippen molar-refractivity contribution in [1.82, 2.24) is 15.8 Å². The van der Waals surface area contributed by atoms with Crippen LogP contribution in [-0.4, -0.2) is 48.4 Å². The number of anilines is 1. The molecule has 2 amide bonds. The Labute approximate surface area is 148 Å². The normalized spacial score (nSPS) is 27.8. The predicted molar refractivity (Wildman–Crippen MR) is 96.1 cm³/mol. The highest BCUT2D eigenvalue weighted by Gasteiger charge is 2.52. The molecule has 134 valence electrons. The van der Waals surface area contributed by atoms with Crippen LogP contribution in [0.5, 0.6) is 0 Å². The van der Waals surface area contributed by atoms with Gasteiger partial charge in [0, 0.05) is 31.4 Å². The molecule has 25 heavy (non-hydrogen) atoms. The van der Waals surface area contributed by atoms with Gasteiger partial charge in [-0.1, -0.05) is 18.2 Å². The zero-order valence-corrected chi connectivity index (χ0v) is 14.9. The van der Waals surface area contributed by atoms with Crippen molar-refractivity contribution in [2.75, 3.05) is 24.5 Å². The van der Waals surface area contributed by atoms with E-state index in [1.165, 1.54) is 0 Å². The standard InChI is InChI=1S/C19H26N4O2/c1-3-23-16-7-5-4-6-14(16)19(18(23)25)8-10-22(11-9-19)17(24)15-12-13(2)20-21-15/h4-7,13,15,20-21H,3,8-12H2,1-2H3. The third-order valence-electron chi connectivity index (χ3n) is 6.00. The van der Waals surface area contributed by atoms with Crippen LogP contribution in [0.4, 0.5) is 5.69 Å². The molecule has 6 heteroatoms. The molecule has 3 aliphatic rings. The molecule has 0 saturated carbocycles. The molecule has 2 unspecified atom stereocenters. The number of hydrogen-bond acceptors (Lipinski definition) is 4. The highest BCUT2D eigenvalue weighted by Crippen LogP contribution is 2.47. The maximum Gasteiger partial charge on any atom is 0.241 e. The van der Waals surface area contributed by atoms with E-state index in [1.807, 2.05) is 34.9 Å². The molecule has 2 N–H and O–H groups in total. The molecular formula is C19H26N4O2. The zero-order valence-electron chi connectivity index (χ0n) is 14.9. The van der Waals surface area contributed by atoms with Gasteiger partial charge in [-0.25, -0.2) is 5.43 Å². The van der Waals surface area contributed by atoms with Crippen LogP contribution in [0.3, 0.4) is 0 Å². The third-order valence-corrected chi connectivity index (χ3v) is 6.00. The Balaban J connectivity index is 1.53. The van der Waals surface area contributed by atoms with Crippen molar-refractivity contribution in [2.24, 2.45) is 0 Å². The summed E-state index contributed by atoms with van der Waals surface area (Å²) >= 11 is 0. The molecule has 1 aromatic rings. The largest absolute Gasteiger partial charge is 0.341 e. The van der Waals surface area contributed by atoms with Crippen LogP contribution in [-0.2, 0) is 15.0 Å². The van der Waals surface area contributed by atoms with Crippen LogP contribution >= 0.6 is 0 Å². The van der Waals surface area contributed by atoms with Crippen LogP contribution < -0.4 is 15.8 Å². The Morgan fingerprint density at radius 3 is 2.60 bits per heavy atom. The lowest BCUT2D eigenvalue weighted by Crippen LogP contribution is -2.53. The molecule has 3 heterocycles. The second-order valence-corrected chi connectivity index (χ2v) is 7.45. The molecule has 1 spiro atoms. The number of rotatable bonds is 2. The lowest BCUT2D eigenvalue weighted by molar-refractivity contribution is -0.137. The quantitative estimate of drug-likeness (QED) is 0.847. The molecule has 2 atom stereocenters. The first-order valence-electron chi connectivity index (χ1n) is 9.28. The van der Waals surface area contributed by atoms with Crippen LogP contribution in [0, 0.1) is 0 Å². The van der Waals surface area contributed by atoms with Gasteiger partial charge in [0.25, 0.3) is 0 Å². The van der Waals surface area contributed by atoms with Gasteiger partial charge in [-0.2, -0.15) is 0 Å². The number of amides is 2. The van der Waals surface area contributed by atoms with Gasteiger partial charge in [0.2, 0.25) is 11.8 Å². The lowest BCUT2D eigenvalue weighted by atomic mass is 9.73. The van der Waals surface area contributed by atoms with Crippen molar-refractivity contribution in [3.05, 3.63) is 29.8 Å². The number of para-hydroxylation sites is 1. The number of likely N-dealkylation sites (tertiary alicyclic amines) is 1. The zero-order chi connectivity index (χ0) is 17.6. The number of likely N-dealkylation sites (N-methyl/N-ethyl adjacent to an activating group) is 1. The molecule has 2 saturated heterocycles. The Bertz CT molecular complexity index is 696. The first kappa shape index (κ1) is 16.5. The number of nitrogens with zero attached hydrogens (tertiary/aromatic N) is 2. The fourth-order valence-electron chi connectivity index (χ4n) is 4.60. The topological polar surface area (TPSA) is 64.7 Å². The summed E-state index contributed by atoms with van der Waals surface area (Å²) in [6, 6.07) is 8.30. The number of piperidine rings is 1. The van der Waals surface area contributed by atoms with Gasteiger partial charge in [0.1, 0.15) is 6.04 Å². The SMILES string of the molecule is CCN1C(=O)C2(CCN(C(=O)C3CC(C)NN3)CC2)c2ccccc21. The first-order valence-corrected chi connectivity index (χ1v) is 9.28. The number of hydrogen-bond donors (Lipinski definition) is 2. The summed E-state index contributed by atoms with van der Waals surface area (Å²) in [6.07, 6.45) is 2.23. The summed E-state index contributed by atoms with van der Waals surface area (Å²) in [5.41, 5.74) is 7.94. The average Bonchev–Trinajstić information content (AvgIpc) is 3.16. The molecule has 0 aliphatic carbocycles. The molecule has 4 rings (SSSR count). The van der Waals surface area contributed by atoms with Crippen molar-refractivity contribution < 1.29 is 9.59 Å². The number of hydrazine groups is 1. The number of fused-ring (bicyclic) bond motifs is 2. The van der Waals surface area contributed by atoms with Crippen LogP contribution in [0.25, 0.3) is 0 Å². The monoisotopic (exact) mass is 342 g/mol. The highest BCUT2D eigenvalue weighted by atomic mass is 16.2. The van der Waals surface area contributed by atoms with Crippen LogP contribution in [0.15, 0.2) is 24.3 Å². The Morgan fingerprint density at radius 1 is 1.24 bits per heavy atom. The molecule has 6 nitrogen and oxygen atoms in total. The van der Waals surface area contributed by atoms with Gasteiger partial charge >= 0.3 is 0 Å². The van der Waals surface area contributed by atoms with E-state index in [4.69, 9.17) is 0 Å². The van der Waals surface area contributed by atoms with Gasteiger partial charge in [0.05, 0.1) is 5.41 Å². The number of benzene rings is 1. The second kappa shape index (κ2) is 6.11. The fourth-order valence-corrected chi connectivity index (χ4v) is 4.60. The highest BCUT2D eigenvalue weighted by molar-refractivity contribution is 6.08. The van der Waals surface area contributed by atoms with E-state index >= 15 is 0 Å².